The summed E-state index contributed by atoms with van der Waals surface area (Å²) >= 11 is 3.49. The topological polar surface area (TPSA) is 47.7 Å². The summed E-state index contributed by atoms with van der Waals surface area (Å²) in [5, 5.41) is 8.23. The second-order valence-corrected chi connectivity index (χ2v) is 5.67. The molecular formula is C14H15BrN4. The Kier molecular flexibility index (Phi) is 3.40. The molecule has 0 amide bonds. The lowest BCUT2D eigenvalue weighted by atomic mass is 10.1. The molecule has 0 radical (unpaired) electrons. The van der Waals surface area contributed by atoms with Crippen LogP contribution in [0.4, 0.5) is 0 Å². The number of H-pyrrole nitrogens is 2. The van der Waals surface area contributed by atoms with E-state index in [1.807, 2.05) is 6.07 Å². The zero-order valence-electron chi connectivity index (χ0n) is 10.7. The molecule has 3 aromatic rings. The highest BCUT2D eigenvalue weighted by Crippen LogP contribution is 2.23. The second kappa shape index (κ2) is 5.19. The minimum absolute atomic E-state index is 0.864. The average Bonchev–Trinajstić information content (AvgIpc) is 2.99. The lowest BCUT2D eigenvalue weighted by Crippen LogP contribution is -2.17. The number of benzene rings is 1. The molecule has 0 fully saturated rings. The molecule has 2 N–H and O–H groups in total. The highest BCUT2D eigenvalue weighted by molar-refractivity contribution is 9.10. The summed E-state index contributed by atoms with van der Waals surface area (Å²) in [5.74, 6) is 0. The van der Waals surface area contributed by atoms with Crippen molar-refractivity contribution in [1.29, 1.82) is 0 Å². The van der Waals surface area contributed by atoms with Crippen molar-refractivity contribution in [2.24, 2.45) is 0 Å². The monoisotopic (exact) mass is 318 g/mol. The van der Waals surface area contributed by atoms with Crippen molar-refractivity contribution >= 4 is 26.8 Å². The molecule has 0 saturated heterocycles. The molecule has 19 heavy (non-hydrogen) atoms. The van der Waals surface area contributed by atoms with Gasteiger partial charge in [-0.3, -0.25) is 10.00 Å². The van der Waals surface area contributed by atoms with Gasteiger partial charge in [-0.2, -0.15) is 5.10 Å². The smallest absolute Gasteiger partial charge is 0.0492 e. The van der Waals surface area contributed by atoms with Crippen LogP contribution in [0.5, 0.6) is 0 Å². The van der Waals surface area contributed by atoms with Gasteiger partial charge in [-0.05, 0) is 30.8 Å². The first-order chi connectivity index (χ1) is 9.22. The van der Waals surface area contributed by atoms with Gasteiger partial charge in [0.1, 0.15) is 0 Å². The standard InChI is InChI=1S/C14H15BrN4/c1-19(9-12-4-5-17-18-12)8-10-7-16-14-6-11(15)2-3-13(10)14/h2-7,16H,8-9H2,1H3,(H,17,18). The largest absolute Gasteiger partial charge is 0.361 e. The fraction of sp³-hybridized carbons (Fsp3) is 0.214. The number of aromatic nitrogens is 3. The molecule has 0 bridgehead atoms. The Morgan fingerprint density at radius 3 is 2.95 bits per heavy atom. The molecule has 0 aliphatic rings. The number of fused-ring (bicyclic) bond motifs is 1. The number of nitrogens with one attached hydrogen (secondary N) is 2. The van der Waals surface area contributed by atoms with E-state index in [-0.39, 0.29) is 0 Å². The van der Waals surface area contributed by atoms with E-state index >= 15 is 0 Å². The Morgan fingerprint density at radius 2 is 2.16 bits per heavy atom. The predicted molar refractivity (Wildman–Crippen MR) is 79.8 cm³/mol. The molecule has 5 heteroatoms. The van der Waals surface area contributed by atoms with Crippen LogP contribution < -0.4 is 0 Å². The van der Waals surface area contributed by atoms with Gasteiger partial charge in [-0.1, -0.05) is 22.0 Å². The molecule has 0 atom stereocenters. The van der Waals surface area contributed by atoms with Crippen LogP contribution in [0.3, 0.4) is 0 Å². The number of hydrogen-bond acceptors (Lipinski definition) is 2. The maximum Gasteiger partial charge on any atom is 0.0492 e. The van der Waals surface area contributed by atoms with Crippen LogP contribution in [-0.2, 0) is 13.1 Å². The van der Waals surface area contributed by atoms with Crippen LogP contribution in [-0.4, -0.2) is 27.1 Å². The van der Waals surface area contributed by atoms with Crippen LogP contribution >= 0.6 is 15.9 Å². The SMILES string of the molecule is CN(Cc1ccn[nH]1)Cc1c[nH]c2cc(Br)ccc12. The molecule has 98 valence electrons. The zero-order chi connectivity index (χ0) is 13.2. The van der Waals surface area contributed by atoms with Gasteiger partial charge in [0, 0.05) is 46.6 Å². The Bertz CT molecular complexity index is 672. The summed E-state index contributed by atoms with van der Waals surface area (Å²) in [6.07, 6.45) is 3.87. The van der Waals surface area contributed by atoms with Crippen molar-refractivity contribution in [1.82, 2.24) is 20.1 Å². The summed E-state index contributed by atoms with van der Waals surface area (Å²) < 4.78 is 1.10. The second-order valence-electron chi connectivity index (χ2n) is 4.76. The molecule has 0 unspecified atom stereocenters. The number of aromatic amines is 2. The molecular weight excluding hydrogens is 304 g/mol. The minimum atomic E-state index is 0.864. The van der Waals surface area contributed by atoms with Gasteiger partial charge in [-0.15, -0.1) is 0 Å². The van der Waals surface area contributed by atoms with E-state index in [4.69, 9.17) is 0 Å². The highest BCUT2D eigenvalue weighted by atomic mass is 79.9. The molecule has 2 heterocycles. The van der Waals surface area contributed by atoms with Crippen molar-refractivity contribution in [3.05, 3.63) is 52.4 Å². The first-order valence-corrected chi connectivity index (χ1v) is 6.94. The van der Waals surface area contributed by atoms with Gasteiger partial charge in [0.05, 0.1) is 0 Å². The normalized spacial score (nSPS) is 11.5. The van der Waals surface area contributed by atoms with E-state index in [1.165, 1.54) is 16.5 Å². The lowest BCUT2D eigenvalue weighted by Gasteiger charge is -2.14. The van der Waals surface area contributed by atoms with Gasteiger partial charge in [0.25, 0.3) is 0 Å². The van der Waals surface area contributed by atoms with E-state index in [9.17, 15) is 0 Å². The molecule has 0 aliphatic heterocycles. The molecule has 1 aromatic carbocycles. The average molecular weight is 319 g/mol. The summed E-state index contributed by atoms with van der Waals surface area (Å²) in [6.45, 7) is 1.77. The van der Waals surface area contributed by atoms with Crippen LogP contribution in [0.15, 0.2) is 41.1 Å². The van der Waals surface area contributed by atoms with Gasteiger partial charge in [0.2, 0.25) is 0 Å². The maximum absolute atomic E-state index is 3.97. The zero-order valence-corrected chi connectivity index (χ0v) is 12.2. The Hall–Kier alpha value is -1.59. The fourth-order valence-electron chi connectivity index (χ4n) is 2.30. The van der Waals surface area contributed by atoms with E-state index < -0.39 is 0 Å². The molecule has 0 saturated carbocycles. The fourth-order valence-corrected chi connectivity index (χ4v) is 2.66. The molecule has 4 nitrogen and oxygen atoms in total. The third-order valence-corrected chi connectivity index (χ3v) is 3.66. The van der Waals surface area contributed by atoms with Crippen molar-refractivity contribution < 1.29 is 0 Å². The van der Waals surface area contributed by atoms with Crippen LogP contribution in [0.2, 0.25) is 0 Å². The van der Waals surface area contributed by atoms with Crippen LogP contribution in [0, 0.1) is 0 Å². The van der Waals surface area contributed by atoms with Crippen molar-refractivity contribution in [2.45, 2.75) is 13.1 Å². The van der Waals surface area contributed by atoms with Crippen LogP contribution in [0.1, 0.15) is 11.3 Å². The predicted octanol–water partition coefficient (Wildman–Crippen LogP) is 3.29. The Balaban J connectivity index is 1.77. The van der Waals surface area contributed by atoms with E-state index in [0.717, 1.165) is 23.3 Å². The maximum atomic E-state index is 3.97. The summed E-state index contributed by atoms with van der Waals surface area (Å²) in [7, 11) is 2.11. The molecule has 0 aliphatic carbocycles. The molecule has 3 rings (SSSR count). The van der Waals surface area contributed by atoms with E-state index in [0.29, 0.717) is 0 Å². The number of rotatable bonds is 4. The highest BCUT2D eigenvalue weighted by Gasteiger charge is 2.08. The molecule has 2 aromatic heterocycles. The van der Waals surface area contributed by atoms with Gasteiger partial charge in [-0.25, -0.2) is 0 Å². The number of halogens is 1. The first kappa shape index (κ1) is 12.4. The van der Waals surface area contributed by atoms with Gasteiger partial charge in [0.15, 0.2) is 0 Å². The van der Waals surface area contributed by atoms with Gasteiger partial charge >= 0.3 is 0 Å². The minimum Gasteiger partial charge on any atom is -0.361 e. The van der Waals surface area contributed by atoms with Gasteiger partial charge < -0.3 is 4.98 Å². The summed E-state index contributed by atoms with van der Waals surface area (Å²) in [4.78, 5) is 5.58. The lowest BCUT2D eigenvalue weighted by molar-refractivity contribution is 0.316. The van der Waals surface area contributed by atoms with E-state index in [1.54, 1.807) is 6.20 Å². The van der Waals surface area contributed by atoms with Crippen molar-refractivity contribution in [3.8, 4) is 0 Å². The third kappa shape index (κ3) is 2.72. The van der Waals surface area contributed by atoms with Crippen molar-refractivity contribution in [2.75, 3.05) is 7.05 Å². The van der Waals surface area contributed by atoms with E-state index in [2.05, 4.69) is 67.5 Å². The molecule has 0 spiro atoms. The van der Waals surface area contributed by atoms with Crippen molar-refractivity contribution in [3.63, 3.8) is 0 Å². The number of hydrogen-bond donors (Lipinski definition) is 2. The summed E-state index contributed by atoms with van der Waals surface area (Å²) in [5.41, 5.74) is 3.61. The Morgan fingerprint density at radius 1 is 1.26 bits per heavy atom. The third-order valence-electron chi connectivity index (χ3n) is 3.17. The number of nitrogens with zero attached hydrogens (tertiary/aromatic N) is 2. The quantitative estimate of drug-likeness (QED) is 0.775. The summed E-state index contributed by atoms with van der Waals surface area (Å²) in [6, 6.07) is 8.33. The Labute approximate surface area is 119 Å². The first-order valence-electron chi connectivity index (χ1n) is 6.14. The van der Waals surface area contributed by atoms with Crippen LogP contribution in [0.25, 0.3) is 10.9 Å².